The number of aliphatic carboxylic acids is 1. The standard InChI is InChI=1S/C20H21NO5/c1-14(20(23)24)21(13-15-6-3-2-4-7-15)19(22)16-8-9-17-18(12-16)26-11-5-10-25-17/h2-4,6-9,12,14H,5,10-11,13H2,1H3,(H,23,24). The van der Waals surface area contributed by atoms with Gasteiger partial charge in [-0.3, -0.25) is 4.79 Å². The average molecular weight is 355 g/mol. The fraction of sp³-hybridized carbons (Fsp3) is 0.300. The molecule has 0 fully saturated rings. The summed E-state index contributed by atoms with van der Waals surface area (Å²) in [7, 11) is 0. The van der Waals surface area contributed by atoms with Crippen LogP contribution in [-0.4, -0.2) is 41.1 Å². The van der Waals surface area contributed by atoms with Gasteiger partial charge in [-0.15, -0.1) is 0 Å². The number of amides is 1. The fourth-order valence-corrected chi connectivity index (χ4v) is 2.76. The molecule has 0 spiro atoms. The van der Waals surface area contributed by atoms with Crippen molar-refractivity contribution in [3.05, 3.63) is 59.7 Å². The molecule has 0 saturated heterocycles. The summed E-state index contributed by atoms with van der Waals surface area (Å²) in [6.07, 6.45) is 0.772. The van der Waals surface area contributed by atoms with E-state index in [2.05, 4.69) is 0 Å². The zero-order chi connectivity index (χ0) is 18.5. The van der Waals surface area contributed by atoms with Gasteiger partial charge in [-0.05, 0) is 30.7 Å². The molecule has 1 aliphatic heterocycles. The summed E-state index contributed by atoms with van der Waals surface area (Å²) >= 11 is 0. The lowest BCUT2D eigenvalue weighted by Crippen LogP contribution is -2.42. The molecule has 0 radical (unpaired) electrons. The van der Waals surface area contributed by atoms with E-state index in [9.17, 15) is 14.7 Å². The maximum absolute atomic E-state index is 13.0. The van der Waals surface area contributed by atoms with Gasteiger partial charge in [0.05, 0.1) is 13.2 Å². The molecule has 0 bridgehead atoms. The van der Waals surface area contributed by atoms with Crippen molar-refractivity contribution in [3.63, 3.8) is 0 Å². The first-order valence-corrected chi connectivity index (χ1v) is 8.53. The molecule has 1 atom stereocenters. The van der Waals surface area contributed by atoms with Crippen molar-refractivity contribution in [2.75, 3.05) is 13.2 Å². The van der Waals surface area contributed by atoms with Gasteiger partial charge in [0, 0.05) is 18.5 Å². The highest BCUT2D eigenvalue weighted by Gasteiger charge is 2.27. The predicted molar refractivity (Wildman–Crippen MR) is 95.5 cm³/mol. The van der Waals surface area contributed by atoms with E-state index in [1.54, 1.807) is 18.2 Å². The van der Waals surface area contributed by atoms with Crippen LogP contribution in [0.3, 0.4) is 0 Å². The summed E-state index contributed by atoms with van der Waals surface area (Å²) < 4.78 is 11.2. The van der Waals surface area contributed by atoms with Crippen LogP contribution in [0.15, 0.2) is 48.5 Å². The van der Waals surface area contributed by atoms with Gasteiger partial charge in [-0.2, -0.15) is 0 Å². The normalized spacial score (nSPS) is 14.2. The van der Waals surface area contributed by atoms with Crippen LogP contribution >= 0.6 is 0 Å². The number of carbonyl (C=O) groups is 2. The highest BCUT2D eigenvalue weighted by molar-refractivity contribution is 5.97. The fourth-order valence-electron chi connectivity index (χ4n) is 2.76. The van der Waals surface area contributed by atoms with E-state index in [0.29, 0.717) is 30.3 Å². The minimum atomic E-state index is -1.05. The molecule has 0 aromatic heterocycles. The molecule has 136 valence electrons. The number of hydrogen-bond acceptors (Lipinski definition) is 4. The molecular weight excluding hydrogens is 334 g/mol. The molecule has 1 N–H and O–H groups in total. The number of rotatable bonds is 5. The van der Waals surface area contributed by atoms with Crippen LogP contribution in [0.1, 0.15) is 29.3 Å². The highest BCUT2D eigenvalue weighted by Crippen LogP contribution is 2.31. The maximum Gasteiger partial charge on any atom is 0.326 e. The van der Waals surface area contributed by atoms with Crippen molar-refractivity contribution in [1.82, 2.24) is 4.90 Å². The number of fused-ring (bicyclic) bond motifs is 1. The van der Waals surface area contributed by atoms with E-state index in [1.165, 1.54) is 11.8 Å². The molecule has 6 nitrogen and oxygen atoms in total. The summed E-state index contributed by atoms with van der Waals surface area (Å²) in [4.78, 5) is 25.9. The van der Waals surface area contributed by atoms with Crippen molar-refractivity contribution < 1.29 is 24.2 Å². The summed E-state index contributed by atoms with van der Waals surface area (Å²) in [6.45, 7) is 2.80. The Hall–Kier alpha value is -3.02. The smallest absolute Gasteiger partial charge is 0.326 e. The number of carbonyl (C=O) groups excluding carboxylic acids is 1. The molecule has 1 amide bonds. The summed E-state index contributed by atoms with van der Waals surface area (Å²) in [6, 6.07) is 13.3. The molecular formula is C20H21NO5. The average Bonchev–Trinajstić information content (AvgIpc) is 2.90. The van der Waals surface area contributed by atoms with E-state index in [-0.39, 0.29) is 12.5 Å². The van der Waals surface area contributed by atoms with Gasteiger partial charge in [0.25, 0.3) is 5.91 Å². The summed E-state index contributed by atoms with van der Waals surface area (Å²) in [5.74, 6) is -0.307. The second-order valence-electron chi connectivity index (χ2n) is 6.14. The largest absolute Gasteiger partial charge is 0.490 e. The third kappa shape index (κ3) is 3.96. The Labute approximate surface area is 152 Å². The number of carboxylic acids is 1. The van der Waals surface area contributed by atoms with Crippen LogP contribution in [0.5, 0.6) is 11.5 Å². The number of nitrogens with zero attached hydrogens (tertiary/aromatic N) is 1. The first-order valence-electron chi connectivity index (χ1n) is 8.53. The molecule has 2 aromatic carbocycles. The SMILES string of the molecule is CC(C(=O)O)N(Cc1ccccc1)C(=O)c1ccc2c(c1)OCCCO2. The molecule has 0 aliphatic carbocycles. The highest BCUT2D eigenvalue weighted by atomic mass is 16.5. The van der Waals surface area contributed by atoms with Gasteiger partial charge in [0.1, 0.15) is 6.04 Å². The van der Waals surface area contributed by atoms with Crippen LogP contribution in [0.25, 0.3) is 0 Å². The second kappa shape index (κ2) is 7.91. The van der Waals surface area contributed by atoms with Gasteiger partial charge in [0.2, 0.25) is 0 Å². The van der Waals surface area contributed by atoms with Gasteiger partial charge < -0.3 is 19.5 Å². The lowest BCUT2D eigenvalue weighted by Gasteiger charge is -2.27. The molecule has 0 saturated carbocycles. The van der Waals surface area contributed by atoms with Crippen molar-refractivity contribution in [2.24, 2.45) is 0 Å². The second-order valence-corrected chi connectivity index (χ2v) is 6.14. The molecule has 1 heterocycles. The zero-order valence-corrected chi connectivity index (χ0v) is 14.6. The Morgan fingerprint density at radius 3 is 2.46 bits per heavy atom. The van der Waals surface area contributed by atoms with Gasteiger partial charge in [0.15, 0.2) is 11.5 Å². The lowest BCUT2D eigenvalue weighted by molar-refractivity contribution is -0.141. The summed E-state index contributed by atoms with van der Waals surface area (Å²) in [5.41, 5.74) is 1.24. The van der Waals surface area contributed by atoms with Crippen molar-refractivity contribution in [3.8, 4) is 11.5 Å². The minimum absolute atomic E-state index is 0.210. The Kier molecular flexibility index (Phi) is 5.41. The Morgan fingerprint density at radius 2 is 1.77 bits per heavy atom. The number of hydrogen-bond donors (Lipinski definition) is 1. The zero-order valence-electron chi connectivity index (χ0n) is 14.6. The lowest BCUT2D eigenvalue weighted by atomic mass is 10.1. The molecule has 2 aromatic rings. The Balaban J connectivity index is 1.89. The molecule has 1 aliphatic rings. The van der Waals surface area contributed by atoms with E-state index >= 15 is 0 Å². The first-order chi connectivity index (χ1) is 12.6. The molecule has 26 heavy (non-hydrogen) atoms. The number of ether oxygens (including phenoxy) is 2. The third-order valence-corrected chi connectivity index (χ3v) is 4.28. The number of carboxylic acid groups (broad SMARTS) is 1. The van der Waals surface area contributed by atoms with Crippen LogP contribution < -0.4 is 9.47 Å². The van der Waals surface area contributed by atoms with Crippen molar-refractivity contribution >= 4 is 11.9 Å². The predicted octanol–water partition coefficient (Wildman–Crippen LogP) is 2.96. The van der Waals surface area contributed by atoms with Gasteiger partial charge in [-0.25, -0.2) is 4.79 Å². The van der Waals surface area contributed by atoms with E-state index in [0.717, 1.165) is 12.0 Å². The number of benzene rings is 2. The topological polar surface area (TPSA) is 76.1 Å². The van der Waals surface area contributed by atoms with Crippen LogP contribution in [0, 0.1) is 0 Å². The van der Waals surface area contributed by atoms with E-state index in [4.69, 9.17) is 9.47 Å². The molecule has 1 unspecified atom stereocenters. The quantitative estimate of drug-likeness (QED) is 0.892. The molecule has 6 heteroatoms. The van der Waals surface area contributed by atoms with Gasteiger partial charge in [-0.1, -0.05) is 30.3 Å². The monoisotopic (exact) mass is 355 g/mol. The van der Waals surface area contributed by atoms with Crippen LogP contribution in [0.2, 0.25) is 0 Å². The van der Waals surface area contributed by atoms with Crippen LogP contribution in [-0.2, 0) is 11.3 Å². The van der Waals surface area contributed by atoms with Gasteiger partial charge >= 0.3 is 5.97 Å². The Morgan fingerprint density at radius 1 is 1.08 bits per heavy atom. The van der Waals surface area contributed by atoms with E-state index in [1.807, 2.05) is 30.3 Å². The summed E-state index contributed by atoms with van der Waals surface area (Å²) in [5, 5.41) is 9.42. The van der Waals surface area contributed by atoms with Crippen LogP contribution in [0.4, 0.5) is 0 Å². The maximum atomic E-state index is 13.0. The van der Waals surface area contributed by atoms with Crippen molar-refractivity contribution in [2.45, 2.75) is 25.9 Å². The van der Waals surface area contributed by atoms with Crippen molar-refractivity contribution in [1.29, 1.82) is 0 Å². The minimum Gasteiger partial charge on any atom is -0.490 e. The molecule has 3 rings (SSSR count). The first kappa shape index (κ1) is 17.8. The van der Waals surface area contributed by atoms with E-state index < -0.39 is 12.0 Å². The third-order valence-electron chi connectivity index (χ3n) is 4.28. The Bertz CT molecular complexity index is 790.